The number of esters is 1. The smallest absolute Gasteiger partial charge is 0.341 e. The number of hydrogen-bond acceptors (Lipinski definition) is 4. The maximum Gasteiger partial charge on any atom is 0.341 e. The third kappa shape index (κ3) is 4.44. The molecule has 0 radical (unpaired) electrons. The number of anilines is 1. The molecule has 0 fully saturated rings. The Morgan fingerprint density at radius 1 is 1.08 bits per heavy atom. The first kappa shape index (κ1) is 19.1. The van der Waals surface area contributed by atoms with Gasteiger partial charge >= 0.3 is 5.97 Å². The summed E-state index contributed by atoms with van der Waals surface area (Å²) in [4.78, 5) is 24.5. The van der Waals surface area contributed by atoms with E-state index in [0.29, 0.717) is 10.8 Å². The van der Waals surface area contributed by atoms with Crippen molar-refractivity contribution in [1.29, 1.82) is 0 Å². The van der Waals surface area contributed by atoms with Gasteiger partial charge in [-0.25, -0.2) is 4.79 Å². The molecular weight excluding hydrogens is 365 g/mol. The van der Waals surface area contributed by atoms with Crippen LogP contribution in [0.25, 0.3) is 0 Å². The number of benzene rings is 2. The van der Waals surface area contributed by atoms with Gasteiger partial charge in [0.1, 0.15) is 11.3 Å². The van der Waals surface area contributed by atoms with Gasteiger partial charge in [0.15, 0.2) is 0 Å². The molecule has 0 saturated carbocycles. The molecule has 1 N–H and O–H groups in total. The van der Waals surface area contributed by atoms with Crippen LogP contribution in [0.15, 0.2) is 36.4 Å². The van der Waals surface area contributed by atoms with Crippen LogP contribution in [0.2, 0.25) is 10.0 Å². The van der Waals surface area contributed by atoms with Crippen molar-refractivity contribution in [2.75, 3.05) is 19.5 Å². The van der Waals surface area contributed by atoms with Crippen LogP contribution in [-0.2, 0) is 9.53 Å². The monoisotopic (exact) mass is 381 g/mol. The van der Waals surface area contributed by atoms with E-state index < -0.39 is 11.9 Å². The molecule has 25 heavy (non-hydrogen) atoms. The van der Waals surface area contributed by atoms with Crippen LogP contribution < -0.4 is 10.1 Å². The van der Waals surface area contributed by atoms with Gasteiger partial charge in [0.05, 0.1) is 30.8 Å². The van der Waals surface area contributed by atoms with E-state index in [0.717, 1.165) is 5.56 Å². The predicted molar refractivity (Wildman–Crippen MR) is 97.8 cm³/mol. The van der Waals surface area contributed by atoms with Gasteiger partial charge in [-0.1, -0.05) is 35.3 Å². The number of ether oxygens (including phenoxy) is 2. The minimum Gasteiger partial charge on any atom is -0.497 e. The maximum atomic E-state index is 12.6. The van der Waals surface area contributed by atoms with E-state index in [4.69, 9.17) is 32.7 Å². The van der Waals surface area contributed by atoms with Crippen molar-refractivity contribution in [2.45, 2.75) is 12.8 Å². The van der Waals surface area contributed by atoms with E-state index in [9.17, 15) is 9.59 Å². The second kappa shape index (κ2) is 8.23. The Morgan fingerprint density at radius 3 is 2.28 bits per heavy atom. The molecule has 1 unspecified atom stereocenters. The number of carbonyl (C=O) groups is 2. The standard InChI is InChI=1S/C18H17Cl2NO4/c1-10(11-4-6-13(24-2)7-5-11)17(22)21-15-9-12(19)8-14(20)16(15)18(23)25-3/h4-10H,1-3H3,(H,21,22). The zero-order valence-corrected chi connectivity index (χ0v) is 15.4. The SMILES string of the molecule is COC(=O)c1c(Cl)cc(Cl)cc1NC(=O)C(C)c1ccc(OC)cc1. The first-order valence-corrected chi connectivity index (χ1v) is 8.15. The minimum absolute atomic E-state index is 0.0591. The van der Waals surface area contributed by atoms with Crippen molar-refractivity contribution in [3.8, 4) is 5.75 Å². The van der Waals surface area contributed by atoms with Crippen LogP contribution in [0.1, 0.15) is 28.8 Å². The largest absolute Gasteiger partial charge is 0.497 e. The molecule has 7 heteroatoms. The second-order valence-electron chi connectivity index (χ2n) is 5.29. The van der Waals surface area contributed by atoms with Crippen molar-refractivity contribution < 1.29 is 19.1 Å². The number of halogens is 2. The molecule has 2 aromatic carbocycles. The molecule has 2 rings (SSSR count). The molecule has 0 aliphatic heterocycles. The molecule has 2 aromatic rings. The molecular formula is C18H17Cl2NO4. The van der Waals surface area contributed by atoms with Gasteiger partial charge in [-0.05, 0) is 36.8 Å². The number of hydrogen-bond donors (Lipinski definition) is 1. The normalized spacial score (nSPS) is 11.6. The van der Waals surface area contributed by atoms with Crippen LogP contribution in [0, 0.1) is 0 Å². The second-order valence-corrected chi connectivity index (χ2v) is 6.13. The Bertz CT molecular complexity index is 790. The number of nitrogens with one attached hydrogen (secondary N) is 1. The van der Waals surface area contributed by atoms with Crippen molar-refractivity contribution in [3.63, 3.8) is 0 Å². The van der Waals surface area contributed by atoms with E-state index in [-0.39, 0.29) is 22.2 Å². The van der Waals surface area contributed by atoms with Crippen LogP contribution in [0.5, 0.6) is 5.75 Å². The Morgan fingerprint density at radius 2 is 1.72 bits per heavy atom. The summed E-state index contributed by atoms with van der Waals surface area (Å²) < 4.78 is 9.82. The highest BCUT2D eigenvalue weighted by Crippen LogP contribution is 2.31. The first-order chi connectivity index (χ1) is 11.9. The molecule has 0 bridgehead atoms. The van der Waals surface area contributed by atoms with E-state index in [1.54, 1.807) is 38.3 Å². The Balaban J connectivity index is 2.28. The molecule has 132 valence electrons. The van der Waals surface area contributed by atoms with Gasteiger partial charge in [-0.2, -0.15) is 0 Å². The summed E-state index contributed by atoms with van der Waals surface area (Å²) in [5.41, 5.74) is 1.06. The molecule has 0 aliphatic carbocycles. The highest BCUT2D eigenvalue weighted by molar-refractivity contribution is 6.37. The van der Waals surface area contributed by atoms with Crippen LogP contribution in [0.3, 0.4) is 0 Å². The lowest BCUT2D eigenvalue weighted by molar-refractivity contribution is -0.117. The Hall–Kier alpha value is -2.24. The van der Waals surface area contributed by atoms with Crippen molar-refractivity contribution in [3.05, 3.63) is 57.6 Å². The zero-order valence-electron chi connectivity index (χ0n) is 13.9. The summed E-state index contributed by atoms with van der Waals surface area (Å²) in [6.07, 6.45) is 0. The van der Waals surface area contributed by atoms with E-state index in [2.05, 4.69) is 5.32 Å². The highest BCUT2D eigenvalue weighted by Gasteiger charge is 2.22. The van der Waals surface area contributed by atoms with Crippen LogP contribution in [0.4, 0.5) is 5.69 Å². The topological polar surface area (TPSA) is 64.6 Å². The summed E-state index contributed by atoms with van der Waals surface area (Å²) in [6, 6.07) is 10.0. The van der Waals surface area contributed by atoms with Crippen molar-refractivity contribution >= 4 is 40.8 Å². The molecule has 1 amide bonds. The lowest BCUT2D eigenvalue weighted by atomic mass is 10.00. The van der Waals surface area contributed by atoms with E-state index >= 15 is 0 Å². The molecule has 1 atom stereocenters. The van der Waals surface area contributed by atoms with Crippen LogP contribution >= 0.6 is 23.2 Å². The number of rotatable bonds is 5. The minimum atomic E-state index is -0.658. The number of methoxy groups -OCH3 is 2. The molecule has 0 spiro atoms. The van der Waals surface area contributed by atoms with E-state index in [1.165, 1.54) is 19.2 Å². The third-order valence-corrected chi connectivity index (χ3v) is 4.23. The van der Waals surface area contributed by atoms with Gasteiger partial charge in [-0.15, -0.1) is 0 Å². The summed E-state index contributed by atoms with van der Waals surface area (Å²) in [6.45, 7) is 1.75. The van der Waals surface area contributed by atoms with Gasteiger partial charge in [0.2, 0.25) is 5.91 Å². The summed E-state index contributed by atoms with van der Waals surface area (Å²) in [7, 11) is 2.81. The fourth-order valence-electron chi connectivity index (χ4n) is 2.27. The molecule has 5 nitrogen and oxygen atoms in total. The maximum absolute atomic E-state index is 12.6. The van der Waals surface area contributed by atoms with Gasteiger partial charge in [0, 0.05) is 5.02 Å². The van der Waals surface area contributed by atoms with Crippen LogP contribution in [-0.4, -0.2) is 26.1 Å². The van der Waals surface area contributed by atoms with Gasteiger partial charge in [0.25, 0.3) is 0 Å². The van der Waals surface area contributed by atoms with E-state index in [1.807, 2.05) is 0 Å². The molecule has 0 aliphatic rings. The predicted octanol–water partition coefficient (Wildman–Crippen LogP) is 4.53. The fourth-order valence-corrected chi connectivity index (χ4v) is 2.84. The average molecular weight is 382 g/mol. The quantitative estimate of drug-likeness (QED) is 0.772. The number of amides is 1. The molecule has 0 saturated heterocycles. The molecule has 0 heterocycles. The van der Waals surface area contributed by atoms with Crippen molar-refractivity contribution in [2.24, 2.45) is 0 Å². The Kier molecular flexibility index (Phi) is 6.28. The first-order valence-electron chi connectivity index (χ1n) is 7.39. The Labute approximate surface area is 155 Å². The van der Waals surface area contributed by atoms with Crippen molar-refractivity contribution in [1.82, 2.24) is 0 Å². The summed E-state index contributed by atoms with van der Waals surface area (Å²) in [5, 5.41) is 3.09. The highest BCUT2D eigenvalue weighted by atomic mass is 35.5. The lowest BCUT2D eigenvalue weighted by Gasteiger charge is -2.16. The summed E-state index contributed by atoms with van der Waals surface area (Å²) in [5.74, 6) is -0.733. The summed E-state index contributed by atoms with van der Waals surface area (Å²) >= 11 is 12.1. The third-order valence-electron chi connectivity index (χ3n) is 3.71. The average Bonchev–Trinajstić information content (AvgIpc) is 2.60. The fraction of sp³-hybridized carbons (Fsp3) is 0.222. The number of carbonyl (C=O) groups excluding carboxylic acids is 2. The van der Waals surface area contributed by atoms with Gasteiger partial charge < -0.3 is 14.8 Å². The lowest BCUT2D eigenvalue weighted by Crippen LogP contribution is -2.21. The zero-order chi connectivity index (χ0) is 18.6. The molecule has 0 aromatic heterocycles. The van der Waals surface area contributed by atoms with Gasteiger partial charge in [-0.3, -0.25) is 4.79 Å².